The van der Waals surface area contributed by atoms with E-state index in [-0.39, 0.29) is 24.5 Å². The van der Waals surface area contributed by atoms with Crippen molar-refractivity contribution in [2.75, 3.05) is 6.61 Å². The van der Waals surface area contributed by atoms with Crippen molar-refractivity contribution in [3.63, 3.8) is 0 Å². The second-order valence-electron chi connectivity index (χ2n) is 6.94. The summed E-state index contributed by atoms with van der Waals surface area (Å²) in [6.07, 6.45) is 0.564. The fourth-order valence-electron chi connectivity index (χ4n) is 3.19. The van der Waals surface area contributed by atoms with E-state index < -0.39 is 6.10 Å². The minimum Gasteiger partial charge on any atom is -0.491 e. The molecule has 0 aliphatic carbocycles. The van der Waals surface area contributed by atoms with E-state index in [0.717, 1.165) is 11.1 Å². The Labute approximate surface area is 177 Å². The normalized spacial score (nSPS) is 12.1. The summed E-state index contributed by atoms with van der Waals surface area (Å²) in [5.74, 6) is 0.524. The molecular formula is C23H20N2O4S. The molecule has 0 fully saturated rings. The SMILES string of the molecule is CC(=O)c1ccc(OC[C@H](O)Cn2cnc3scc(-c4ccccc4)c3c2=O)cc1. The van der Waals surface area contributed by atoms with Crippen LogP contribution in [0.5, 0.6) is 5.75 Å². The fraction of sp³-hybridized carbons (Fsp3) is 0.174. The molecule has 0 spiro atoms. The number of fused-ring (bicyclic) bond motifs is 1. The van der Waals surface area contributed by atoms with E-state index in [4.69, 9.17) is 4.74 Å². The third kappa shape index (κ3) is 4.17. The number of carbonyl (C=O) groups is 1. The molecule has 6 nitrogen and oxygen atoms in total. The van der Waals surface area contributed by atoms with Crippen LogP contribution in [-0.2, 0) is 6.54 Å². The Morgan fingerprint density at radius 3 is 2.60 bits per heavy atom. The second-order valence-corrected chi connectivity index (χ2v) is 7.80. The van der Waals surface area contributed by atoms with Crippen LogP contribution < -0.4 is 10.3 Å². The number of Topliss-reactive ketones (excluding diaryl/α,β-unsaturated/α-hetero) is 1. The van der Waals surface area contributed by atoms with Crippen LogP contribution in [0.25, 0.3) is 21.3 Å². The zero-order valence-electron chi connectivity index (χ0n) is 16.3. The van der Waals surface area contributed by atoms with Crippen LogP contribution in [-0.4, -0.2) is 33.2 Å². The molecule has 0 saturated carbocycles. The molecule has 1 N–H and O–H groups in total. The predicted octanol–water partition coefficient (Wildman–Crippen LogP) is 3.77. The van der Waals surface area contributed by atoms with Crippen molar-refractivity contribution < 1.29 is 14.6 Å². The van der Waals surface area contributed by atoms with Crippen LogP contribution in [0.1, 0.15) is 17.3 Å². The van der Waals surface area contributed by atoms with Crippen molar-refractivity contribution in [1.29, 1.82) is 0 Å². The van der Waals surface area contributed by atoms with E-state index in [0.29, 0.717) is 21.5 Å². The molecule has 152 valence electrons. The van der Waals surface area contributed by atoms with Crippen molar-refractivity contribution in [1.82, 2.24) is 9.55 Å². The molecule has 30 heavy (non-hydrogen) atoms. The van der Waals surface area contributed by atoms with Crippen LogP contribution in [0.15, 0.2) is 71.1 Å². The third-order valence-corrected chi connectivity index (χ3v) is 5.64. The summed E-state index contributed by atoms with van der Waals surface area (Å²) in [7, 11) is 0. The number of rotatable bonds is 7. The third-order valence-electron chi connectivity index (χ3n) is 4.76. The van der Waals surface area contributed by atoms with Crippen LogP contribution in [0.4, 0.5) is 0 Å². The minimum atomic E-state index is -0.895. The first-order chi connectivity index (χ1) is 14.5. The average Bonchev–Trinajstić information content (AvgIpc) is 3.20. The minimum absolute atomic E-state index is 0.0130. The summed E-state index contributed by atoms with van der Waals surface area (Å²) in [4.78, 5) is 29.4. The maximum absolute atomic E-state index is 13.0. The van der Waals surface area contributed by atoms with E-state index in [2.05, 4.69) is 4.98 Å². The fourth-order valence-corrected chi connectivity index (χ4v) is 4.09. The number of hydrogen-bond acceptors (Lipinski definition) is 6. The van der Waals surface area contributed by atoms with Gasteiger partial charge in [-0.2, -0.15) is 0 Å². The highest BCUT2D eigenvalue weighted by Crippen LogP contribution is 2.30. The number of ether oxygens (including phenoxy) is 1. The van der Waals surface area contributed by atoms with Crippen LogP contribution in [0.2, 0.25) is 0 Å². The zero-order valence-corrected chi connectivity index (χ0v) is 17.1. The standard InChI is InChI=1S/C23H20N2O4S/c1-15(26)16-7-9-19(10-8-16)29-12-18(27)11-25-14-24-22-21(23(25)28)20(13-30-22)17-5-3-2-4-6-17/h2-10,13-14,18,27H,11-12H2,1H3/t18-/m1/s1. The van der Waals surface area contributed by atoms with Crippen molar-refractivity contribution in [2.45, 2.75) is 19.6 Å². The summed E-state index contributed by atoms with van der Waals surface area (Å²) < 4.78 is 7.00. The molecule has 2 aromatic heterocycles. The van der Waals surface area contributed by atoms with Gasteiger partial charge in [-0.15, -0.1) is 11.3 Å². The van der Waals surface area contributed by atoms with Gasteiger partial charge in [0.25, 0.3) is 5.56 Å². The molecule has 7 heteroatoms. The molecule has 0 radical (unpaired) electrons. The van der Waals surface area contributed by atoms with E-state index in [1.807, 2.05) is 35.7 Å². The summed E-state index contributed by atoms with van der Waals surface area (Å²) >= 11 is 1.43. The largest absolute Gasteiger partial charge is 0.491 e. The van der Waals surface area contributed by atoms with E-state index in [1.165, 1.54) is 29.2 Å². The van der Waals surface area contributed by atoms with Crippen molar-refractivity contribution >= 4 is 27.3 Å². The maximum Gasteiger partial charge on any atom is 0.262 e. The van der Waals surface area contributed by atoms with Gasteiger partial charge >= 0.3 is 0 Å². The van der Waals surface area contributed by atoms with E-state index >= 15 is 0 Å². The average molecular weight is 420 g/mol. The monoisotopic (exact) mass is 420 g/mol. The first-order valence-corrected chi connectivity index (χ1v) is 10.3. The smallest absolute Gasteiger partial charge is 0.262 e. The first-order valence-electron chi connectivity index (χ1n) is 9.47. The number of nitrogens with zero attached hydrogens (tertiary/aromatic N) is 2. The summed E-state index contributed by atoms with van der Waals surface area (Å²) in [6.45, 7) is 1.58. The number of ketones is 1. The molecule has 4 aromatic rings. The first kappa shape index (κ1) is 20.0. The molecule has 0 saturated heterocycles. The molecule has 0 bridgehead atoms. The number of thiophene rings is 1. The lowest BCUT2D eigenvalue weighted by molar-refractivity contribution is 0.0914. The Kier molecular flexibility index (Phi) is 5.74. The van der Waals surface area contributed by atoms with Gasteiger partial charge in [-0.25, -0.2) is 4.98 Å². The van der Waals surface area contributed by atoms with Crippen molar-refractivity contribution in [3.8, 4) is 16.9 Å². The van der Waals surface area contributed by atoms with Gasteiger partial charge in [-0.3, -0.25) is 14.2 Å². The second kappa shape index (κ2) is 8.61. The molecule has 0 aliphatic heterocycles. The van der Waals surface area contributed by atoms with Gasteiger partial charge in [0.2, 0.25) is 0 Å². The quantitative estimate of drug-likeness (QED) is 0.460. The number of hydrogen-bond donors (Lipinski definition) is 1. The van der Waals surface area contributed by atoms with Crippen molar-refractivity contribution in [3.05, 3.63) is 82.2 Å². The van der Waals surface area contributed by atoms with Gasteiger partial charge in [0.05, 0.1) is 18.3 Å². The van der Waals surface area contributed by atoms with Gasteiger partial charge < -0.3 is 9.84 Å². The Morgan fingerprint density at radius 2 is 1.90 bits per heavy atom. The van der Waals surface area contributed by atoms with Crippen LogP contribution in [0, 0.1) is 0 Å². The topological polar surface area (TPSA) is 81.4 Å². The number of aliphatic hydroxyl groups is 1. The lowest BCUT2D eigenvalue weighted by Crippen LogP contribution is -2.30. The maximum atomic E-state index is 13.0. The molecule has 0 amide bonds. The molecule has 2 heterocycles. The van der Waals surface area contributed by atoms with Crippen LogP contribution in [0.3, 0.4) is 0 Å². The highest BCUT2D eigenvalue weighted by Gasteiger charge is 2.15. The highest BCUT2D eigenvalue weighted by molar-refractivity contribution is 7.17. The molecule has 4 rings (SSSR count). The zero-order chi connectivity index (χ0) is 21.1. The Hall–Kier alpha value is -3.29. The highest BCUT2D eigenvalue weighted by atomic mass is 32.1. The van der Waals surface area contributed by atoms with Crippen molar-refractivity contribution in [2.24, 2.45) is 0 Å². The predicted molar refractivity (Wildman–Crippen MR) is 117 cm³/mol. The summed E-state index contributed by atoms with van der Waals surface area (Å²) in [5.41, 5.74) is 2.21. The van der Waals surface area contributed by atoms with Gasteiger partial charge in [-0.1, -0.05) is 30.3 Å². The summed E-state index contributed by atoms with van der Waals surface area (Å²) in [6, 6.07) is 16.4. The number of aromatic nitrogens is 2. The Bertz CT molecular complexity index is 1230. The van der Waals surface area contributed by atoms with Crippen LogP contribution >= 0.6 is 11.3 Å². The summed E-state index contributed by atoms with van der Waals surface area (Å²) in [5, 5.41) is 12.9. The molecule has 2 aromatic carbocycles. The Morgan fingerprint density at radius 1 is 1.17 bits per heavy atom. The van der Waals surface area contributed by atoms with E-state index in [9.17, 15) is 14.7 Å². The molecule has 1 atom stereocenters. The lowest BCUT2D eigenvalue weighted by Gasteiger charge is -2.14. The number of carbonyl (C=O) groups excluding carboxylic acids is 1. The van der Waals surface area contributed by atoms with Gasteiger partial charge in [0.15, 0.2) is 5.78 Å². The molecular weight excluding hydrogens is 400 g/mol. The number of benzene rings is 2. The lowest BCUT2D eigenvalue weighted by atomic mass is 10.1. The molecule has 0 unspecified atom stereocenters. The number of aliphatic hydroxyl groups excluding tert-OH is 1. The Balaban J connectivity index is 1.50. The van der Waals surface area contributed by atoms with Gasteiger partial charge in [-0.05, 0) is 36.8 Å². The van der Waals surface area contributed by atoms with Gasteiger partial charge in [0, 0.05) is 16.5 Å². The molecule has 0 aliphatic rings. The van der Waals surface area contributed by atoms with Gasteiger partial charge in [0.1, 0.15) is 23.3 Å². The van der Waals surface area contributed by atoms with E-state index in [1.54, 1.807) is 24.3 Å².